The van der Waals surface area contributed by atoms with E-state index < -0.39 is 19.3 Å². The van der Waals surface area contributed by atoms with Crippen molar-refractivity contribution in [2.24, 2.45) is 5.10 Å². The van der Waals surface area contributed by atoms with Crippen molar-refractivity contribution in [1.82, 2.24) is 5.43 Å². The highest BCUT2D eigenvalue weighted by molar-refractivity contribution is 6.13. The van der Waals surface area contributed by atoms with Gasteiger partial charge >= 0.3 is 19.3 Å². The number of hydrogen-bond acceptors (Lipinski definition) is 5. The van der Waals surface area contributed by atoms with E-state index in [-0.39, 0.29) is 17.2 Å². The fraction of sp³-hybridized carbons (Fsp3) is 0.0909. The number of halogens is 4. The number of nitrogens with one attached hydrogen (secondary N) is 1. The van der Waals surface area contributed by atoms with Gasteiger partial charge in [-0.05, 0) is 60.7 Å². The summed E-state index contributed by atoms with van der Waals surface area (Å²) >= 11 is 0. The molecular weight excluding hydrogens is 432 g/mol. The number of para-hydroxylation sites is 1. The lowest BCUT2D eigenvalue weighted by molar-refractivity contribution is -0.0505. The molecule has 3 rings (SSSR count). The molecule has 3 aromatic rings. The minimum Gasteiger partial charge on any atom is -0.435 e. The van der Waals surface area contributed by atoms with E-state index >= 15 is 0 Å². The molecule has 0 aliphatic heterocycles. The number of hydrazone groups is 1. The van der Waals surface area contributed by atoms with Crippen molar-refractivity contribution in [1.29, 1.82) is 0 Å². The SMILES string of the molecule is O=C(NN=C(c1ccc(OC(F)F)cc1)c1ccc(OC(F)F)cc1)Oc1ccccc1. The van der Waals surface area contributed by atoms with Crippen LogP contribution in [0.15, 0.2) is 84.0 Å². The van der Waals surface area contributed by atoms with E-state index in [1.807, 2.05) is 0 Å². The van der Waals surface area contributed by atoms with Gasteiger partial charge in [-0.2, -0.15) is 22.7 Å². The summed E-state index contributed by atoms with van der Waals surface area (Å²) in [5, 5.41) is 4.06. The number of rotatable bonds is 8. The second-order valence-corrected chi connectivity index (χ2v) is 6.08. The minimum atomic E-state index is -2.98. The number of benzene rings is 3. The first-order valence-corrected chi connectivity index (χ1v) is 9.12. The maximum absolute atomic E-state index is 12.4. The van der Waals surface area contributed by atoms with Crippen LogP contribution in [0, 0.1) is 0 Å². The molecule has 0 saturated heterocycles. The molecule has 10 heteroatoms. The lowest BCUT2D eigenvalue weighted by Gasteiger charge is -2.11. The third-order valence-electron chi connectivity index (χ3n) is 3.92. The summed E-state index contributed by atoms with van der Waals surface area (Å²) in [6, 6.07) is 19.3. The maximum atomic E-state index is 12.4. The van der Waals surface area contributed by atoms with E-state index in [0.717, 1.165) is 0 Å². The van der Waals surface area contributed by atoms with Crippen molar-refractivity contribution in [3.63, 3.8) is 0 Å². The summed E-state index contributed by atoms with van der Waals surface area (Å²) in [4.78, 5) is 12.1. The lowest BCUT2D eigenvalue weighted by atomic mass is 10.0. The molecule has 0 spiro atoms. The summed E-state index contributed by atoms with van der Waals surface area (Å²) in [6.07, 6.45) is -0.871. The summed E-state index contributed by atoms with van der Waals surface area (Å²) in [6.45, 7) is -5.96. The minimum absolute atomic E-state index is 0.0692. The van der Waals surface area contributed by atoms with Crippen LogP contribution in [0.2, 0.25) is 0 Å². The van der Waals surface area contributed by atoms with E-state index in [9.17, 15) is 22.4 Å². The number of hydrogen-bond donors (Lipinski definition) is 1. The van der Waals surface area contributed by atoms with Crippen molar-refractivity contribution < 1.29 is 36.6 Å². The largest absolute Gasteiger partial charge is 0.435 e. The molecule has 0 aliphatic rings. The third-order valence-corrected chi connectivity index (χ3v) is 3.92. The lowest BCUT2D eigenvalue weighted by Crippen LogP contribution is -2.24. The highest BCUT2D eigenvalue weighted by Gasteiger charge is 2.12. The van der Waals surface area contributed by atoms with Crippen molar-refractivity contribution >= 4 is 11.8 Å². The Morgan fingerprint density at radius 1 is 0.688 bits per heavy atom. The molecule has 32 heavy (non-hydrogen) atoms. The molecule has 6 nitrogen and oxygen atoms in total. The van der Waals surface area contributed by atoms with Gasteiger partial charge in [0.15, 0.2) is 0 Å². The molecular formula is C22H16F4N2O4. The zero-order valence-electron chi connectivity index (χ0n) is 16.3. The summed E-state index contributed by atoms with van der Waals surface area (Å²) in [5.41, 5.74) is 3.31. The monoisotopic (exact) mass is 448 g/mol. The Hall–Kier alpha value is -4.08. The molecule has 0 fully saturated rings. The molecule has 1 N–H and O–H groups in total. The molecule has 1 amide bonds. The Balaban J connectivity index is 1.84. The summed E-state index contributed by atoms with van der Waals surface area (Å²) in [5.74, 6) is 0.157. The summed E-state index contributed by atoms with van der Waals surface area (Å²) < 4.78 is 63.3. The molecule has 166 valence electrons. The highest BCUT2D eigenvalue weighted by atomic mass is 19.3. The molecule has 0 aliphatic carbocycles. The normalized spacial score (nSPS) is 10.6. The van der Waals surface area contributed by atoms with Crippen LogP contribution in [-0.2, 0) is 0 Å². The average molecular weight is 448 g/mol. The van der Waals surface area contributed by atoms with Crippen LogP contribution in [0.5, 0.6) is 17.2 Å². The van der Waals surface area contributed by atoms with Crippen LogP contribution in [0.3, 0.4) is 0 Å². The van der Waals surface area contributed by atoms with Crippen LogP contribution < -0.4 is 19.6 Å². The molecule has 0 bridgehead atoms. The quantitative estimate of drug-likeness (QED) is 0.284. The first kappa shape index (κ1) is 22.6. The molecule has 0 saturated carbocycles. The predicted molar refractivity (Wildman–Crippen MR) is 107 cm³/mol. The van der Waals surface area contributed by atoms with Crippen LogP contribution in [0.4, 0.5) is 22.4 Å². The topological polar surface area (TPSA) is 69.2 Å². The highest BCUT2D eigenvalue weighted by Crippen LogP contribution is 2.20. The smallest absolute Gasteiger partial charge is 0.433 e. The van der Waals surface area contributed by atoms with Gasteiger partial charge in [-0.1, -0.05) is 18.2 Å². The molecule has 0 unspecified atom stereocenters. The van der Waals surface area contributed by atoms with Crippen LogP contribution in [-0.4, -0.2) is 25.0 Å². The van der Waals surface area contributed by atoms with Crippen LogP contribution >= 0.6 is 0 Å². The van der Waals surface area contributed by atoms with Crippen LogP contribution in [0.25, 0.3) is 0 Å². The van der Waals surface area contributed by atoms with E-state index in [1.165, 1.54) is 48.5 Å². The Morgan fingerprint density at radius 2 is 1.16 bits per heavy atom. The van der Waals surface area contributed by atoms with Gasteiger partial charge in [-0.15, -0.1) is 0 Å². The van der Waals surface area contributed by atoms with Gasteiger partial charge in [0.1, 0.15) is 17.2 Å². The second-order valence-electron chi connectivity index (χ2n) is 6.08. The van der Waals surface area contributed by atoms with Gasteiger partial charge in [-0.25, -0.2) is 10.2 Å². The van der Waals surface area contributed by atoms with E-state index in [4.69, 9.17) is 4.74 Å². The number of carbonyl (C=O) groups excluding carboxylic acids is 1. The first-order chi connectivity index (χ1) is 15.4. The number of carbonyl (C=O) groups is 1. The first-order valence-electron chi connectivity index (χ1n) is 9.12. The zero-order valence-corrected chi connectivity index (χ0v) is 16.3. The number of ether oxygens (including phenoxy) is 3. The Bertz CT molecular complexity index is 988. The molecule has 0 aromatic heterocycles. The van der Waals surface area contributed by atoms with E-state index in [1.54, 1.807) is 30.3 Å². The summed E-state index contributed by atoms with van der Waals surface area (Å²) in [7, 11) is 0. The predicted octanol–water partition coefficient (Wildman–Crippen LogP) is 5.43. The average Bonchev–Trinajstić information content (AvgIpc) is 2.76. The molecule has 3 aromatic carbocycles. The van der Waals surface area contributed by atoms with Gasteiger partial charge in [0.2, 0.25) is 0 Å². The fourth-order valence-electron chi connectivity index (χ4n) is 2.60. The van der Waals surface area contributed by atoms with E-state index in [0.29, 0.717) is 16.9 Å². The molecule has 0 heterocycles. The van der Waals surface area contributed by atoms with Gasteiger partial charge in [0, 0.05) is 11.1 Å². The van der Waals surface area contributed by atoms with Crippen molar-refractivity contribution in [3.05, 3.63) is 90.0 Å². The Kier molecular flexibility index (Phi) is 7.63. The van der Waals surface area contributed by atoms with Gasteiger partial charge < -0.3 is 14.2 Å². The number of amides is 1. The zero-order chi connectivity index (χ0) is 22.9. The van der Waals surface area contributed by atoms with E-state index in [2.05, 4.69) is 20.0 Å². The molecule has 0 radical (unpaired) electrons. The Labute approximate surface area is 180 Å². The number of alkyl halides is 4. The fourth-order valence-corrected chi connectivity index (χ4v) is 2.60. The third kappa shape index (κ3) is 6.73. The van der Waals surface area contributed by atoms with Crippen LogP contribution in [0.1, 0.15) is 11.1 Å². The second kappa shape index (κ2) is 10.8. The molecule has 0 atom stereocenters. The van der Waals surface area contributed by atoms with Crippen molar-refractivity contribution in [2.75, 3.05) is 0 Å². The standard InChI is InChI=1S/C22H16F4N2O4/c23-20(24)30-17-10-6-14(7-11-17)19(15-8-12-18(13-9-15)31-21(25)26)27-28-22(29)32-16-4-2-1-3-5-16/h1-13,20-21H,(H,28,29). The van der Waals surface area contributed by atoms with Crippen molar-refractivity contribution in [3.8, 4) is 17.2 Å². The number of nitrogens with zero attached hydrogens (tertiary/aromatic N) is 1. The van der Waals surface area contributed by atoms with Gasteiger partial charge in [0.25, 0.3) is 0 Å². The Morgan fingerprint density at radius 3 is 1.59 bits per heavy atom. The van der Waals surface area contributed by atoms with Crippen molar-refractivity contribution in [2.45, 2.75) is 13.2 Å². The van der Waals surface area contributed by atoms with Gasteiger partial charge in [0.05, 0.1) is 5.71 Å². The van der Waals surface area contributed by atoms with Gasteiger partial charge in [-0.3, -0.25) is 0 Å². The maximum Gasteiger partial charge on any atom is 0.433 e.